The summed E-state index contributed by atoms with van der Waals surface area (Å²) in [5, 5.41) is 2.29. The van der Waals surface area contributed by atoms with Gasteiger partial charge in [0.05, 0.1) is 17.6 Å². The van der Waals surface area contributed by atoms with E-state index in [9.17, 15) is 22.0 Å². The third-order valence-electron chi connectivity index (χ3n) is 3.53. The monoisotopic (exact) mass is 368 g/mol. The van der Waals surface area contributed by atoms with Crippen LogP contribution in [0.1, 0.15) is 12.5 Å². The average molecular weight is 368 g/mol. The SMILES string of the molecule is Cc1cccc(N(C(C)C(=O)Nc2ccc(F)cc2F)S(C)(=O)=O)c1. The summed E-state index contributed by atoms with van der Waals surface area (Å²) in [7, 11) is -3.77. The molecule has 0 saturated carbocycles. The maximum absolute atomic E-state index is 13.7. The van der Waals surface area contributed by atoms with Crippen LogP contribution in [0.3, 0.4) is 0 Å². The summed E-state index contributed by atoms with van der Waals surface area (Å²) in [6, 6.07) is 8.23. The third kappa shape index (κ3) is 4.54. The van der Waals surface area contributed by atoms with Gasteiger partial charge in [-0.2, -0.15) is 0 Å². The zero-order valence-corrected chi connectivity index (χ0v) is 14.8. The van der Waals surface area contributed by atoms with Crippen molar-refractivity contribution in [3.05, 3.63) is 59.7 Å². The number of nitrogens with one attached hydrogen (secondary N) is 1. The summed E-state index contributed by atoms with van der Waals surface area (Å²) in [5.74, 6) is -2.46. The van der Waals surface area contributed by atoms with E-state index in [4.69, 9.17) is 0 Å². The van der Waals surface area contributed by atoms with Crippen molar-refractivity contribution < 1.29 is 22.0 Å². The van der Waals surface area contributed by atoms with E-state index in [1.165, 1.54) is 6.92 Å². The Labute approximate surface area is 145 Å². The number of aryl methyl sites for hydroxylation is 1. The van der Waals surface area contributed by atoms with E-state index in [2.05, 4.69) is 5.32 Å². The number of hydrogen-bond donors (Lipinski definition) is 1. The van der Waals surface area contributed by atoms with Gasteiger partial charge >= 0.3 is 0 Å². The van der Waals surface area contributed by atoms with Crippen LogP contribution < -0.4 is 9.62 Å². The smallest absolute Gasteiger partial charge is 0.248 e. The second kappa shape index (κ2) is 7.18. The third-order valence-corrected chi connectivity index (χ3v) is 4.78. The summed E-state index contributed by atoms with van der Waals surface area (Å²) < 4.78 is 52.0. The maximum atomic E-state index is 13.7. The predicted octanol–water partition coefficient (Wildman–Crippen LogP) is 3.07. The van der Waals surface area contributed by atoms with Crippen molar-refractivity contribution in [1.29, 1.82) is 0 Å². The fourth-order valence-electron chi connectivity index (χ4n) is 2.40. The lowest BCUT2D eigenvalue weighted by molar-refractivity contribution is -0.116. The molecular formula is C17H18F2N2O3S. The molecule has 1 N–H and O–H groups in total. The van der Waals surface area contributed by atoms with Gasteiger partial charge in [0.15, 0.2) is 0 Å². The molecule has 0 aliphatic carbocycles. The molecule has 134 valence electrons. The van der Waals surface area contributed by atoms with E-state index in [1.807, 2.05) is 0 Å². The van der Waals surface area contributed by atoms with Crippen molar-refractivity contribution in [1.82, 2.24) is 0 Å². The van der Waals surface area contributed by atoms with Crippen molar-refractivity contribution in [2.45, 2.75) is 19.9 Å². The van der Waals surface area contributed by atoms with Crippen LogP contribution in [0, 0.1) is 18.6 Å². The molecular weight excluding hydrogens is 350 g/mol. The van der Waals surface area contributed by atoms with Gasteiger partial charge in [-0.05, 0) is 43.7 Å². The average Bonchev–Trinajstić information content (AvgIpc) is 2.48. The summed E-state index contributed by atoms with van der Waals surface area (Å²) in [4.78, 5) is 12.4. The van der Waals surface area contributed by atoms with E-state index in [1.54, 1.807) is 31.2 Å². The molecule has 1 amide bonds. The van der Waals surface area contributed by atoms with Gasteiger partial charge in [0.2, 0.25) is 15.9 Å². The molecule has 0 spiro atoms. The second-order valence-corrected chi connectivity index (χ2v) is 7.55. The van der Waals surface area contributed by atoms with Crippen LogP contribution in [0.4, 0.5) is 20.2 Å². The standard InChI is InChI=1S/C17H18F2N2O3S/c1-11-5-4-6-14(9-11)21(25(3,23)24)12(2)17(22)20-16-8-7-13(18)10-15(16)19/h4-10,12H,1-3H3,(H,20,22). The molecule has 0 aromatic heterocycles. The Hall–Kier alpha value is -2.48. The number of anilines is 2. The molecule has 2 aromatic carbocycles. The zero-order valence-electron chi connectivity index (χ0n) is 14.0. The molecule has 0 saturated heterocycles. The van der Waals surface area contributed by atoms with E-state index < -0.39 is 33.6 Å². The Morgan fingerprint density at radius 2 is 1.84 bits per heavy atom. The summed E-state index contributed by atoms with van der Waals surface area (Å²) >= 11 is 0. The number of halogens is 2. The number of benzene rings is 2. The minimum absolute atomic E-state index is 0.226. The van der Waals surface area contributed by atoms with Gasteiger partial charge in [-0.25, -0.2) is 17.2 Å². The van der Waals surface area contributed by atoms with Gasteiger partial charge in [-0.3, -0.25) is 9.10 Å². The highest BCUT2D eigenvalue weighted by molar-refractivity contribution is 7.92. The van der Waals surface area contributed by atoms with E-state index in [0.29, 0.717) is 11.8 Å². The molecule has 0 aliphatic rings. The Balaban J connectivity index is 2.33. The van der Waals surface area contributed by atoms with Crippen LogP contribution >= 0.6 is 0 Å². The van der Waals surface area contributed by atoms with Crippen LogP contribution in [0.5, 0.6) is 0 Å². The number of carbonyl (C=O) groups is 1. The molecule has 2 aromatic rings. The van der Waals surface area contributed by atoms with Crippen molar-refractivity contribution in [3.63, 3.8) is 0 Å². The Morgan fingerprint density at radius 1 is 1.16 bits per heavy atom. The fraction of sp³-hybridized carbons (Fsp3) is 0.235. The maximum Gasteiger partial charge on any atom is 0.248 e. The van der Waals surface area contributed by atoms with Gasteiger partial charge in [0, 0.05) is 6.07 Å². The molecule has 0 radical (unpaired) electrons. The molecule has 0 aliphatic heterocycles. The largest absolute Gasteiger partial charge is 0.322 e. The highest BCUT2D eigenvalue weighted by Gasteiger charge is 2.29. The Kier molecular flexibility index (Phi) is 5.42. The highest BCUT2D eigenvalue weighted by Crippen LogP contribution is 2.23. The minimum Gasteiger partial charge on any atom is -0.322 e. The number of hydrogen-bond acceptors (Lipinski definition) is 3. The molecule has 2 rings (SSSR count). The predicted molar refractivity (Wildman–Crippen MR) is 93.0 cm³/mol. The minimum atomic E-state index is -3.77. The van der Waals surface area contributed by atoms with Crippen LogP contribution in [0.25, 0.3) is 0 Å². The summed E-state index contributed by atoms with van der Waals surface area (Å²) in [6.07, 6.45) is 0.984. The van der Waals surface area contributed by atoms with Gasteiger partial charge in [-0.1, -0.05) is 12.1 Å². The number of nitrogens with zero attached hydrogens (tertiary/aromatic N) is 1. The lowest BCUT2D eigenvalue weighted by atomic mass is 10.2. The van der Waals surface area contributed by atoms with Crippen LogP contribution in [0.2, 0.25) is 0 Å². The normalized spacial score (nSPS) is 12.5. The molecule has 1 atom stereocenters. The summed E-state index contributed by atoms with van der Waals surface area (Å²) in [6.45, 7) is 3.18. The number of sulfonamides is 1. The molecule has 0 fully saturated rings. The van der Waals surface area contributed by atoms with Crippen molar-refractivity contribution in [3.8, 4) is 0 Å². The van der Waals surface area contributed by atoms with Gasteiger partial charge in [0.25, 0.3) is 0 Å². The molecule has 0 bridgehead atoms. The number of rotatable bonds is 5. The van der Waals surface area contributed by atoms with Gasteiger partial charge in [0.1, 0.15) is 17.7 Å². The van der Waals surface area contributed by atoms with Crippen molar-refractivity contribution in [2.24, 2.45) is 0 Å². The first-order valence-electron chi connectivity index (χ1n) is 7.41. The number of carbonyl (C=O) groups excluding carboxylic acids is 1. The summed E-state index contributed by atoms with van der Waals surface area (Å²) in [5.41, 5.74) is 0.920. The highest BCUT2D eigenvalue weighted by atomic mass is 32.2. The Bertz CT molecular complexity index is 901. The van der Waals surface area contributed by atoms with Crippen LogP contribution in [-0.2, 0) is 14.8 Å². The van der Waals surface area contributed by atoms with Crippen LogP contribution in [-0.4, -0.2) is 26.6 Å². The Morgan fingerprint density at radius 3 is 2.40 bits per heavy atom. The van der Waals surface area contributed by atoms with E-state index in [0.717, 1.165) is 28.3 Å². The first-order valence-corrected chi connectivity index (χ1v) is 9.26. The molecule has 8 heteroatoms. The lowest BCUT2D eigenvalue weighted by Crippen LogP contribution is -2.45. The topological polar surface area (TPSA) is 66.5 Å². The quantitative estimate of drug-likeness (QED) is 0.882. The van der Waals surface area contributed by atoms with E-state index >= 15 is 0 Å². The molecule has 5 nitrogen and oxygen atoms in total. The van der Waals surface area contributed by atoms with Gasteiger partial charge in [-0.15, -0.1) is 0 Å². The first kappa shape index (κ1) is 18.9. The molecule has 25 heavy (non-hydrogen) atoms. The zero-order chi connectivity index (χ0) is 18.8. The lowest BCUT2D eigenvalue weighted by Gasteiger charge is -2.28. The molecule has 1 unspecified atom stereocenters. The molecule has 0 heterocycles. The van der Waals surface area contributed by atoms with E-state index in [-0.39, 0.29) is 5.69 Å². The van der Waals surface area contributed by atoms with Gasteiger partial charge < -0.3 is 5.32 Å². The van der Waals surface area contributed by atoms with Crippen molar-refractivity contribution in [2.75, 3.05) is 15.9 Å². The first-order chi connectivity index (χ1) is 11.6. The second-order valence-electron chi connectivity index (χ2n) is 5.69. The van der Waals surface area contributed by atoms with Crippen molar-refractivity contribution >= 4 is 27.3 Å². The fourth-order valence-corrected chi connectivity index (χ4v) is 3.57. The van der Waals surface area contributed by atoms with Crippen LogP contribution in [0.15, 0.2) is 42.5 Å². The number of amides is 1.